The van der Waals surface area contributed by atoms with Gasteiger partial charge in [-0.2, -0.15) is 0 Å². The number of aryl methyl sites for hydroxylation is 2. The van der Waals surface area contributed by atoms with Crippen LogP contribution in [0.25, 0.3) is 11.4 Å². The number of hydrogen-bond donors (Lipinski definition) is 0. The molecule has 3 nitrogen and oxygen atoms in total. The first-order chi connectivity index (χ1) is 8.24. The lowest BCUT2D eigenvalue weighted by Gasteiger charge is -1.95. The fraction of sp³-hybridized carbons (Fsp3) is 0.143. The molecule has 0 saturated carbocycles. The normalized spacial score (nSPS) is 10.9. The Labute approximate surface area is 99.8 Å². The van der Waals surface area contributed by atoms with Gasteiger partial charge in [0.1, 0.15) is 11.4 Å². The summed E-state index contributed by atoms with van der Waals surface area (Å²) in [5, 5.41) is 0. The highest BCUT2D eigenvalue weighted by atomic mass is 16.8. The molecule has 0 aliphatic carbocycles. The molecule has 0 radical (unpaired) electrons. The van der Waals surface area contributed by atoms with Crippen LogP contribution in [-0.4, -0.2) is 9.71 Å². The summed E-state index contributed by atoms with van der Waals surface area (Å²) >= 11 is 0. The van der Waals surface area contributed by atoms with E-state index in [4.69, 9.17) is 4.63 Å². The van der Waals surface area contributed by atoms with Gasteiger partial charge < -0.3 is 0 Å². The van der Waals surface area contributed by atoms with Crippen molar-refractivity contribution in [2.45, 2.75) is 13.8 Å². The Bertz CT molecular complexity index is 553. The Morgan fingerprint density at radius 2 is 1.00 bits per heavy atom. The van der Waals surface area contributed by atoms with Gasteiger partial charge in [0.2, 0.25) is 0 Å². The zero-order valence-electron chi connectivity index (χ0n) is 9.92. The number of benzene rings is 2. The Kier molecular flexibility index (Phi) is 2.18. The minimum absolute atomic E-state index is 1.04. The first kappa shape index (κ1) is 10.0. The Hall–Kier alpha value is -2.16. The molecule has 3 aromatic rings. The highest BCUT2D eigenvalue weighted by Gasteiger charge is 2.14. The quantitative estimate of drug-likeness (QED) is 0.656. The largest absolute Gasteiger partial charge is 0.244 e. The van der Waals surface area contributed by atoms with Crippen LogP contribution in [0, 0.1) is 13.8 Å². The van der Waals surface area contributed by atoms with Gasteiger partial charge in [-0.05, 0) is 38.1 Å². The van der Waals surface area contributed by atoms with E-state index in [9.17, 15) is 0 Å². The van der Waals surface area contributed by atoms with E-state index in [0.29, 0.717) is 0 Å². The second-order valence-electron chi connectivity index (χ2n) is 4.30. The summed E-state index contributed by atoms with van der Waals surface area (Å²) in [6.45, 7) is 4.15. The highest BCUT2D eigenvalue weighted by Crippen LogP contribution is 2.19. The van der Waals surface area contributed by atoms with Crippen LogP contribution in [0.1, 0.15) is 11.1 Å². The van der Waals surface area contributed by atoms with E-state index < -0.39 is 0 Å². The molecule has 3 rings (SSSR count). The van der Waals surface area contributed by atoms with E-state index in [0.717, 1.165) is 11.4 Å². The molecule has 1 aromatic heterocycles. The zero-order chi connectivity index (χ0) is 11.8. The van der Waals surface area contributed by atoms with Crippen LogP contribution in [0.4, 0.5) is 0 Å². The van der Waals surface area contributed by atoms with Crippen molar-refractivity contribution in [3.05, 3.63) is 59.7 Å². The molecule has 0 spiro atoms. The van der Waals surface area contributed by atoms with Crippen molar-refractivity contribution in [2.75, 3.05) is 0 Å². The summed E-state index contributed by atoms with van der Waals surface area (Å²) in [6, 6.07) is 16.5. The van der Waals surface area contributed by atoms with Gasteiger partial charge in [0, 0.05) is 0 Å². The zero-order valence-corrected chi connectivity index (χ0v) is 9.92. The predicted octanol–water partition coefficient (Wildman–Crippen LogP) is 3.48. The SMILES string of the molecule is Cc1ccc(-n2on2-c2ccc(C)cc2)cc1. The molecule has 86 valence electrons. The maximum Gasteiger partial charge on any atom is 0.106 e. The van der Waals surface area contributed by atoms with Crippen LogP contribution < -0.4 is 0 Å². The standard InChI is InChI=1S/C14H14N2O/c1-11-3-7-13(8-4-11)15-16(17-15)14-9-5-12(2)6-10-14/h3-10H,1-2H3. The molecule has 1 heterocycles. The molecule has 0 amide bonds. The van der Waals surface area contributed by atoms with Crippen molar-refractivity contribution in [1.82, 2.24) is 9.71 Å². The van der Waals surface area contributed by atoms with Crippen LogP contribution in [0.5, 0.6) is 0 Å². The van der Waals surface area contributed by atoms with E-state index in [-0.39, 0.29) is 0 Å². The smallest absolute Gasteiger partial charge is 0.106 e. The average Bonchev–Trinajstić information content (AvgIpc) is 3.11. The molecule has 3 heteroatoms. The number of nitrogens with zero attached hydrogens (tertiary/aromatic N) is 2. The van der Waals surface area contributed by atoms with E-state index >= 15 is 0 Å². The highest BCUT2D eigenvalue weighted by molar-refractivity contribution is 5.36. The van der Waals surface area contributed by atoms with Gasteiger partial charge in [0.15, 0.2) is 0 Å². The third-order valence-corrected chi connectivity index (χ3v) is 2.80. The molecular weight excluding hydrogens is 212 g/mol. The second-order valence-corrected chi connectivity index (χ2v) is 4.30. The van der Waals surface area contributed by atoms with Crippen LogP contribution in [0.15, 0.2) is 53.2 Å². The summed E-state index contributed by atoms with van der Waals surface area (Å²) in [5.41, 5.74) is 4.57. The lowest BCUT2D eigenvalue weighted by atomic mass is 10.2. The first-order valence-corrected chi connectivity index (χ1v) is 5.66. The molecule has 0 aliphatic rings. The minimum atomic E-state index is 1.04. The van der Waals surface area contributed by atoms with Crippen molar-refractivity contribution in [3.63, 3.8) is 0 Å². The molecule has 17 heavy (non-hydrogen) atoms. The van der Waals surface area contributed by atoms with Gasteiger partial charge in [-0.25, -0.2) is 4.63 Å². The molecule has 0 aliphatic heterocycles. The molecule has 0 saturated heterocycles. The van der Waals surface area contributed by atoms with Gasteiger partial charge in [-0.1, -0.05) is 45.1 Å². The number of hydrogen-bond acceptors (Lipinski definition) is 1. The second kappa shape index (κ2) is 3.70. The maximum atomic E-state index is 5.44. The third-order valence-electron chi connectivity index (χ3n) is 2.80. The van der Waals surface area contributed by atoms with Crippen LogP contribution >= 0.6 is 0 Å². The molecule has 0 atom stereocenters. The van der Waals surface area contributed by atoms with Gasteiger partial charge in [0.25, 0.3) is 0 Å². The summed E-state index contributed by atoms with van der Waals surface area (Å²) in [6.07, 6.45) is 0. The van der Waals surface area contributed by atoms with Crippen molar-refractivity contribution < 1.29 is 4.63 Å². The Morgan fingerprint density at radius 1 is 0.647 bits per heavy atom. The van der Waals surface area contributed by atoms with Gasteiger partial charge in [-0.15, -0.1) is 0 Å². The fourth-order valence-corrected chi connectivity index (χ4v) is 1.71. The number of rotatable bonds is 2. The molecule has 0 bridgehead atoms. The summed E-state index contributed by atoms with van der Waals surface area (Å²) in [4.78, 5) is 3.54. The van der Waals surface area contributed by atoms with Gasteiger partial charge in [0.05, 0.1) is 0 Å². The van der Waals surface area contributed by atoms with Crippen molar-refractivity contribution >= 4 is 0 Å². The third kappa shape index (κ3) is 1.91. The summed E-state index contributed by atoms with van der Waals surface area (Å²) in [7, 11) is 0. The maximum absolute atomic E-state index is 5.44. The van der Waals surface area contributed by atoms with Crippen LogP contribution in [0.3, 0.4) is 0 Å². The Balaban J connectivity index is 1.90. The molecular formula is C14H14N2O. The molecule has 0 fully saturated rings. The van der Waals surface area contributed by atoms with Crippen LogP contribution in [-0.2, 0) is 0 Å². The Morgan fingerprint density at radius 3 is 1.35 bits per heavy atom. The van der Waals surface area contributed by atoms with Crippen LogP contribution in [0.2, 0.25) is 0 Å². The first-order valence-electron chi connectivity index (χ1n) is 5.66. The minimum Gasteiger partial charge on any atom is -0.244 e. The summed E-state index contributed by atoms with van der Waals surface area (Å²) < 4.78 is 5.44. The fourth-order valence-electron chi connectivity index (χ4n) is 1.71. The summed E-state index contributed by atoms with van der Waals surface area (Å²) in [5.74, 6) is 0. The van der Waals surface area contributed by atoms with E-state index in [1.807, 2.05) is 24.3 Å². The lowest BCUT2D eigenvalue weighted by Crippen LogP contribution is -1.91. The van der Waals surface area contributed by atoms with Gasteiger partial charge in [-0.3, -0.25) is 0 Å². The monoisotopic (exact) mass is 226 g/mol. The molecule has 2 aromatic carbocycles. The average molecular weight is 226 g/mol. The lowest BCUT2D eigenvalue weighted by molar-refractivity contribution is 0.474. The predicted molar refractivity (Wildman–Crippen MR) is 66.8 cm³/mol. The van der Waals surface area contributed by atoms with Gasteiger partial charge >= 0.3 is 0 Å². The topological polar surface area (TPSA) is 23.0 Å². The van der Waals surface area contributed by atoms with Crippen molar-refractivity contribution in [3.8, 4) is 11.4 Å². The van der Waals surface area contributed by atoms with Crippen molar-refractivity contribution in [2.24, 2.45) is 0 Å². The number of aromatic nitrogens is 2. The van der Waals surface area contributed by atoms with E-state index in [1.165, 1.54) is 11.1 Å². The van der Waals surface area contributed by atoms with Crippen molar-refractivity contribution in [1.29, 1.82) is 0 Å². The molecule has 0 unspecified atom stereocenters. The van der Waals surface area contributed by atoms with E-state index in [2.05, 4.69) is 38.1 Å². The van der Waals surface area contributed by atoms with E-state index in [1.54, 1.807) is 9.71 Å². The molecule has 0 N–H and O–H groups in total.